The summed E-state index contributed by atoms with van der Waals surface area (Å²) in [6.45, 7) is 4.18. The summed E-state index contributed by atoms with van der Waals surface area (Å²) in [5, 5.41) is 0. The average Bonchev–Trinajstić information content (AvgIpc) is 2.93. The highest BCUT2D eigenvalue weighted by Crippen LogP contribution is 2.20. The minimum absolute atomic E-state index is 0.0554. The van der Waals surface area contributed by atoms with Crippen molar-refractivity contribution >= 4 is 5.91 Å². The maximum atomic E-state index is 12.3. The number of nitrogens with two attached hydrogens (primary N) is 1. The van der Waals surface area contributed by atoms with Crippen molar-refractivity contribution < 1.29 is 4.79 Å². The van der Waals surface area contributed by atoms with Crippen LogP contribution >= 0.6 is 0 Å². The van der Waals surface area contributed by atoms with Gasteiger partial charge in [-0.3, -0.25) is 9.78 Å². The fourth-order valence-electron chi connectivity index (χ4n) is 2.31. The van der Waals surface area contributed by atoms with Gasteiger partial charge in [0, 0.05) is 31.0 Å². The SMILES string of the molecule is CCC1CCN(C(=O)c2cncc(C#CCN)c2)C1. The summed E-state index contributed by atoms with van der Waals surface area (Å²) >= 11 is 0. The van der Waals surface area contributed by atoms with Gasteiger partial charge in [-0.1, -0.05) is 25.2 Å². The molecule has 1 fully saturated rings. The number of nitrogens with zero attached hydrogens (tertiary/aromatic N) is 2. The molecule has 0 bridgehead atoms. The first kappa shape index (κ1) is 13.6. The van der Waals surface area contributed by atoms with Crippen molar-refractivity contribution in [3.05, 3.63) is 29.6 Å². The molecule has 4 heteroatoms. The minimum atomic E-state index is 0.0554. The van der Waals surface area contributed by atoms with Crippen molar-refractivity contribution in [1.29, 1.82) is 0 Å². The summed E-state index contributed by atoms with van der Waals surface area (Å²) in [4.78, 5) is 18.3. The highest BCUT2D eigenvalue weighted by molar-refractivity contribution is 5.94. The second-order valence-corrected chi connectivity index (χ2v) is 4.78. The smallest absolute Gasteiger partial charge is 0.255 e. The molecule has 1 unspecified atom stereocenters. The van der Waals surface area contributed by atoms with Crippen molar-refractivity contribution in [2.24, 2.45) is 11.7 Å². The molecule has 100 valence electrons. The lowest BCUT2D eigenvalue weighted by molar-refractivity contribution is 0.0786. The van der Waals surface area contributed by atoms with Crippen LogP contribution in [0.15, 0.2) is 18.5 Å². The van der Waals surface area contributed by atoms with Crippen molar-refractivity contribution in [3.63, 3.8) is 0 Å². The Labute approximate surface area is 114 Å². The number of likely N-dealkylation sites (tertiary alicyclic amines) is 1. The van der Waals surface area contributed by atoms with Crippen molar-refractivity contribution in [1.82, 2.24) is 9.88 Å². The standard InChI is InChI=1S/C15H19N3O/c1-2-12-5-7-18(11-12)15(19)14-8-13(4-3-6-16)9-17-10-14/h8-10,12H,2,5-7,11,16H2,1H3. The van der Waals surface area contributed by atoms with Gasteiger partial charge in [-0.2, -0.15) is 0 Å². The summed E-state index contributed by atoms with van der Waals surface area (Å²) in [6.07, 6.45) is 5.49. The maximum Gasteiger partial charge on any atom is 0.255 e. The van der Waals surface area contributed by atoms with Gasteiger partial charge < -0.3 is 10.6 Å². The first-order chi connectivity index (χ1) is 9.24. The Morgan fingerprint density at radius 2 is 2.42 bits per heavy atom. The third kappa shape index (κ3) is 3.33. The van der Waals surface area contributed by atoms with Crippen LogP contribution in [-0.4, -0.2) is 35.4 Å². The molecule has 19 heavy (non-hydrogen) atoms. The van der Waals surface area contributed by atoms with Crippen LogP contribution in [0.25, 0.3) is 0 Å². The zero-order valence-corrected chi connectivity index (χ0v) is 11.2. The van der Waals surface area contributed by atoms with E-state index in [4.69, 9.17) is 5.73 Å². The number of amides is 1. The molecule has 0 aliphatic carbocycles. The molecule has 1 saturated heterocycles. The van der Waals surface area contributed by atoms with Crippen LogP contribution in [0.4, 0.5) is 0 Å². The Morgan fingerprint density at radius 3 is 3.11 bits per heavy atom. The molecule has 2 heterocycles. The van der Waals surface area contributed by atoms with E-state index in [1.165, 1.54) is 0 Å². The van der Waals surface area contributed by atoms with Crippen molar-refractivity contribution in [2.75, 3.05) is 19.6 Å². The van der Waals surface area contributed by atoms with Crippen molar-refractivity contribution in [3.8, 4) is 11.8 Å². The van der Waals surface area contributed by atoms with Crippen LogP contribution in [0.5, 0.6) is 0 Å². The first-order valence-electron chi connectivity index (χ1n) is 6.67. The van der Waals surface area contributed by atoms with Crippen LogP contribution in [0.2, 0.25) is 0 Å². The van der Waals surface area contributed by atoms with Gasteiger partial charge >= 0.3 is 0 Å². The highest BCUT2D eigenvalue weighted by atomic mass is 16.2. The van der Waals surface area contributed by atoms with Crippen molar-refractivity contribution in [2.45, 2.75) is 19.8 Å². The molecule has 1 atom stereocenters. The van der Waals surface area contributed by atoms with E-state index < -0.39 is 0 Å². The molecule has 0 spiro atoms. The predicted octanol–water partition coefficient (Wildman–Crippen LogP) is 1.26. The highest BCUT2D eigenvalue weighted by Gasteiger charge is 2.25. The summed E-state index contributed by atoms with van der Waals surface area (Å²) in [5.41, 5.74) is 6.69. The number of hydrogen-bond donors (Lipinski definition) is 1. The van der Waals surface area contributed by atoms with E-state index >= 15 is 0 Å². The number of hydrogen-bond acceptors (Lipinski definition) is 3. The van der Waals surface area contributed by atoms with E-state index in [-0.39, 0.29) is 5.91 Å². The molecule has 2 N–H and O–H groups in total. The Kier molecular flexibility index (Phi) is 4.53. The van der Waals surface area contributed by atoms with E-state index in [2.05, 4.69) is 23.7 Å². The van der Waals surface area contributed by atoms with Gasteiger partial charge in [-0.15, -0.1) is 0 Å². The van der Waals surface area contributed by atoms with Crippen LogP contribution in [0.1, 0.15) is 35.7 Å². The van der Waals surface area contributed by atoms with Gasteiger partial charge in [0.1, 0.15) is 0 Å². The van der Waals surface area contributed by atoms with E-state index in [0.29, 0.717) is 18.0 Å². The number of carbonyl (C=O) groups is 1. The maximum absolute atomic E-state index is 12.3. The van der Waals surface area contributed by atoms with Crippen LogP contribution in [0, 0.1) is 17.8 Å². The second-order valence-electron chi connectivity index (χ2n) is 4.78. The molecule has 4 nitrogen and oxygen atoms in total. The molecule has 0 radical (unpaired) electrons. The summed E-state index contributed by atoms with van der Waals surface area (Å²) in [7, 11) is 0. The number of carbonyl (C=O) groups excluding carboxylic acids is 1. The van der Waals surface area contributed by atoms with Crippen LogP contribution < -0.4 is 5.73 Å². The molecule has 0 aromatic carbocycles. The quantitative estimate of drug-likeness (QED) is 0.812. The lowest BCUT2D eigenvalue weighted by Crippen LogP contribution is -2.28. The Hall–Kier alpha value is -1.86. The molecule has 1 aromatic heterocycles. The van der Waals surface area contributed by atoms with Gasteiger partial charge in [0.15, 0.2) is 0 Å². The monoisotopic (exact) mass is 257 g/mol. The van der Waals surface area contributed by atoms with E-state index in [0.717, 1.165) is 31.5 Å². The molecule has 1 aliphatic rings. The average molecular weight is 257 g/mol. The van der Waals surface area contributed by atoms with Gasteiger partial charge in [-0.05, 0) is 18.4 Å². The molecule has 0 saturated carbocycles. The molecule has 1 amide bonds. The fraction of sp³-hybridized carbons (Fsp3) is 0.467. The minimum Gasteiger partial charge on any atom is -0.338 e. The molecule has 1 aliphatic heterocycles. The molecular weight excluding hydrogens is 238 g/mol. The van der Waals surface area contributed by atoms with Crippen LogP contribution in [0.3, 0.4) is 0 Å². The summed E-state index contributed by atoms with van der Waals surface area (Å²) in [6, 6.07) is 1.79. The van der Waals surface area contributed by atoms with Gasteiger partial charge in [0.25, 0.3) is 5.91 Å². The Morgan fingerprint density at radius 1 is 1.58 bits per heavy atom. The number of pyridine rings is 1. The fourth-order valence-corrected chi connectivity index (χ4v) is 2.31. The van der Waals surface area contributed by atoms with Gasteiger partial charge in [-0.25, -0.2) is 0 Å². The third-order valence-corrected chi connectivity index (χ3v) is 3.47. The zero-order valence-electron chi connectivity index (χ0n) is 11.2. The van der Waals surface area contributed by atoms with E-state index in [9.17, 15) is 4.79 Å². The first-order valence-corrected chi connectivity index (χ1v) is 6.67. The lowest BCUT2D eigenvalue weighted by Gasteiger charge is -2.16. The van der Waals surface area contributed by atoms with E-state index in [1.54, 1.807) is 18.5 Å². The lowest BCUT2D eigenvalue weighted by atomic mass is 10.1. The van der Waals surface area contributed by atoms with Gasteiger partial charge in [0.05, 0.1) is 12.1 Å². The van der Waals surface area contributed by atoms with Crippen LogP contribution in [-0.2, 0) is 0 Å². The topological polar surface area (TPSA) is 59.2 Å². The Balaban J connectivity index is 2.11. The molecular formula is C15H19N3O. The second kappa shape index (κ2) is 6.35. The Bertz CT molecular complexity index is 516. The number of rotatable bonds is 2. The predicted molar refractivity (Wildman–Crippen MR) is 74.5 cm³/mol. The largest absolute Gasteiger partial charge is 0.338 e. The number of aromatic nitrogens is 1. The normalized spacial score (nSPS) is 18.0. The van der Waals surface area contributed by atoms with Gasteiger partial charge in [0.2, 0.25) is 0 Å². The van der Waals surface area contributed by atoms with E-state index in [1.807, 2.05) is 4.90 Å². The zero-order chi connectivity index (χ0) is 13.7. The third-order valence-electron chi connectivity index (χ3n) is 3.47. The summed E-state index contributed by atoms with van der Waals surface area (Å²) < 4.78 is 0. The summed E-state index contributed by atoms with van der Waals surface area (Å²) in [5.74, 6) is 6.36. The molecule has 1 aromatic rings. The molecule has 2 rings (SSSR count).